The molecule has 0 radical (unpaired) electrons. The van der Waals surface area contributed by atoms with Crippen molar-refractivity contribution in [3.8, 4) is 11.1 Å². The van der Waals surface area contributed by atoms with Gasteiger partial charge < -0.3 is 9.67 Å². The van der Waals surface area contributed by atoms with Crippen LogP contribution in [0.25, 0.3) is 22.3 Å². The molecule has 1 aliphatic heterocycles. The predicted octanol–water partition coefficient (Wildman–Crippen LogP) is 3.72. The Balaban J connectivity index is 1.51. The van der Waals surface area contributed by atoms with Gasteiger partial charge in [0.25, 0.3) is 15.9 Å². The summed E-state index contributed by atoms with van der Waals surface area (Å²) in [6, 6.07) is 15.1. The lowest BCUT2D eigenvalue weighted by Gasteiger charge is -2.18. The number of nitrogens with zero attached hydrogens (tertiary/aromatic N) is 4. The van der Waals surface area contributed by atoms with Crippen molar-refractivity contribution in [1.82, 2.24) is 24.2 Å². The lowest BCUT2D eigenvalue weighted by Crippen LogP contribution is -2.33. The molecule has 40 heavy (non-hydrogen) atoms. The quantitative estimate of drug-likeness (QED) is 0.320. The van der Waals surface area contributed by atoms with Gasteiger partial charge >= 0.3 is 0 Å². The van der Waals surface area contributed by atoms with E-state index in [0.29, 0.717) is 12.1 Å². The second kappa shape index (κ2) is 11.5. The zero-order chi connectivity index (χ0) is 28.4. The average molecular weight is 562 g/mol. The van der Waals surface area contributed by atoms with Crippen LogP contribution in [-0.2, 0) is 34.3 Å². The minimum atomic E-state index is -4.18. The van der Waals surface area contributed by atoms with Gasteiger partial charge in [-0.25, -0.2) is 23.1 Å². The molecule has 2 N–H and O–H groups in total. The Bertz CT molecular complexity index is 1660. The van der Waals surface area contributed by atoms with Crippen molar-refractivity contribution in [1.29, 1.82) is 0 Å². The second-order valence-electron chi connectivity index (χ2n) is 10.4. The zero-order valence-corrected chi connectivity index (χ0v) is 24.0. The number of likely N-dealkylation sites (tertiary alicyclic amines) is 1. The van der Waals surface area contributed by atoms with Gasteiger partial charge in [0, 0.05) is 24.2 Å². The smallest absolute Gasteiger partial charge is 0.264 e. The van der Waals surface area contributed by atoms with Gasteiger partial charge in [0.05, 0.1) is 11.4 Å². The number of pyridine rings is 1. The van der Waals surface area contributed by atoms with E-state index in [4.69, 9.17) is 15.1 Å². The molecule has 0 saturated carbocycles. The molecular weight excluding hydrogens is 526 g/mol. The number of sulfonamides is 1. The number of fused-ring (bicyclic) bond motifs is 1. The maximum absolute atomic E-state index is 13.1. The Morgan fingerprint density at radius 3 is 2.35 bits per heavy atom. The number of benzene rings is 2. The fraction of sp³-hybridized carbons (Fsp3) is 0.367. The maximum Gasteiger partial charge on any atom is 0.264 e. The summed E-state index contributed by atoms with van der Waals surface area (Å²) in [5.41, 5.74) is 7.08. The molecule has 0 atom stereocenters. The number of aliphatic hydroxyl groups is 1. The third-order valence-electron chi connectivity index (χ3n) is 7.35. The van der Waals surface area contributed by atoms with Crippen molar-refractivity contribution in [3.05, 3.63) is 76.7 Å². The van der Waals surface area contributed by atoms with Gasteiger partial charge in [0.2, 0.25) is 0 Å². The Morgan fingerprint density at radius 1 is 0.975 bits per heavy atom. The van der Waals surface area contributed by atoms with Crippen LogP contribution < -0.4 is 4.72 Å². The molecule has 4 aromatic rings. The molecule has 1 saturated heterocycles. The number of carbonyl (C=O) groups is 1. The summed E-state index contributed by atoms with van der Waals surface area (Å²) in [4.78, 5) is 23.7. The van der Waals surface area contributed by atoms with E-state index >= 15 is 0 Å². The molecule has 0 bridgehead atoms. The van der Waals surface area contributed by atoms with Crippen LogP contribution >= 0.6 is 0 Å². The van der Waals surface area contributed by atoms with Crippen molar-refractivity contribution in [2.24, 2.45) is 0 Å². The van der Waals surface area contributed by atoms with Crippen LogP contribution in [-0.4, -0.2) is 58.6 Å². The number of aromatic nitrogens is 3. The number of aryl methyl sites for hydroxylation is 3. The maximum atomic E-state index is 13.1. The van der Waals surface area contributed by atoms with E-state index in [1.165, 1.54) is 0 Å². The standard InChI is InChI=1S/C30H35N5O4S/c1-4-27-32-29-20(2)15-21(3)31-30(29)35(27)18-22-7-10-24(11-8-22)25-16-23(17-34-13-5-6-14-34)9-12-26(25)40(38,39)33-28(37)19-36/h7-12,15-16,36H,4-6,13-14,17-19H2,1-3H3,(H,33,37). The van der Waals surface area contributed by atoms with E-state index in [0.717, 1.165) is 83.8 Å². The summed E-state index contributed by atoms with van der Waals surface area (Å²) in [6.45, 7) is 8.56. The summed E-state index contributed by atoms with van der Waals surface area (Å²) < 4.78 is 30.3. The van der Waals surface area contributed by atoms with E-state index in [9.17, 15) is 13.2 Å². The summed E-state index contributed by atoms with van der Waals surface area (Å²) in [7, 11) is -4.18. The average Bonchev–Trinajstić information content (AvgIpc) is 3.56. The molecule has 9 nitrogen and oxygen atoms in total. The number of nitrogens with one attached hydrogen (secondary N) is 1. The molecule has 1 fully saturated rings. The highest BCUT2D eigenvalue weighted by molar-refractivity contribution is 7.90. The molecule has 1 amide bonds. The van der Waals surface area contributed by atoms with Gasteiger partial charge in [-0.3, -0.25) is 9.69 Å². The molecule has 2 aromatic carbocycles. The summed E-state index contributed by atoms with van der Waals surface area (Å²) in [6.07, 6.45) is 3.10. The SMILES string of the molecule is CCc1nc2c(C)cc(C)nc2n1Cc1ccc(-c2cc(CN3CCCC3)ccc2S(=O)(=O)NC(=O)CO)cc1. The third kappa shape index (κ3) is 5.79. The van der Waals surface area contributed by atoms with E-state index in [-0.39, 0.29) is 4.90 Å². The molecule has 3 heterocycles. The minimum Gasteiger partial charge on any atom is -0.387 e. The van der Waals surface area contributed by atoms with Gasteiger partial charge in [0.15, 0.2) is 5.65 Å². The number of imidazole rings is 1. The molecule has 1 aliphatic rings. The first-order chi connectivity index (χ1) is 19.2. The Morgan fingerprint density at radius 2 is 1.68 bits per heavy atom. The number of amides is 1. The number of rotatable bonds is 9. The first-order valence-corrected chi connectivity index (χ1v) is 15.1. The van der Waals surface area contributed by atoms with Crippen LogP contribution in [0.1, 0.15) is 48.0 Å². The van der Waals surface area contributed by atoms with Gasteiger partial charge in [-0.2, -0.15) is 0 Å². The van der Waals surface area contributed by atoms with Crippen molar-refractivity contribution in [2.75, 3.05) is 19.7 Å². The minimum absolute atomic E-state index is 0.00348. The highest BCUT2D eigenvalue weighted by Crippen LogP contribution is 2.30. The largest absolute Gasteiger partial charge is 0.387 e. The molecule has 0 unspecified atom stereocenters. The molecule has 210 valence electrons. The fourth-order valence-corrected chi connectivity index (χ4v) is 6.62. The normalized spacial score (nSPS) is 14.2. The van der Waals surface area contributed by atoms with Gasteiger partial charge in [-0.1, -0.05) is 37.3 Å². The number of carbonyl (C=O) groups excluding carboxylic acids is 1. The molecule has 10 heteroatoms. The molecule has 0 aliphatic carbocycles. The van der Waals surface area contributed by atoms with Crippen LogP contribution in [0.3, 0.4) is 0 Å². The number of aliphatic hydroxyl groups excluding tert-OH is 1. The predicted molar refractivity (Wildman–Crippen MR) is 154 cm³/mol. The molecular formula is C30H35N5O4S. The number of hydrogen-bond acceptors (Lipinski definition) is 7. The summed E-state index contributed by atoms with van der Waals surface area (Å²) in [5, 5.41) is 9.11. The van der Waals surface area contributed by atoms with Gasteiger partial charge in [0.1, 0.15) is 17.9 Å². The van der Waals surface area contributed by atoms with Crippen LogP contribution in [0, 0.1) is 13.8 Å². The van der Waals surface area contributed by atoms with E-state index in [1.807, 2.05) is 48.0 Å². The molecule has 5 rings (SSSR count). The van der Waals surface area contributed by atoms with E-state index in [1.54, 1.807) is 12.1 Å². The summed E-state index contributed by atoms with van der Waals surface area (Å²) in [5.74, 6) is -0.0105. The highest BCUT2D eigenvalue weighted by atomic mass is 32.2. The molecule has 2 aromatic heterocycles. The topological polar surface area (TPSA) is 117 Å². The first kappa shape index (κ1) is 27.9. The Kier molecular flexibility index (Phi) is 8.02. The second-order valence-corrected chi connectivity index (χ2v) is 12.1. The van der Waals surface area contributed by atoms with Gasteiger partial charge in [-0.05, 0) is 80.2 Å². The molecule has 0 spiro atoms. The Labute approximate surface area is 234 Å². The lowest BCUT2D eigenvalue weighted by molar-refractivity contribution is -0.122. The van der Waals surface area contributed by atoms with Crippen LogP contribution in [0.2, 0.25) is 0 Å². The third-order valence-corrected chi connectivity index (χ3v) is 8.78. The van der Waals surface area contributed by atoms with E-state index < -0.39 is 22.5 Å². The van der Waals surface area contributed by atoms with Crippen molar-refractivity contribution in [2.45, 2.75) is 58.0 Å². The van der Waals surface area contributed by atoms with Crippen molar-refractivity contribution >= 4 is 27.1 Å². The lowest BCUT2D eigenvalue weighted by atomic mass is 10.0. The first-order valence-electron chi connectivity index (χ1n) is 13.6. The highest BCUT2D eigenvalue weighted by Gasteiger charge is 2.23. The van der Waals surface area contributed by atoms with Crippen LogP contribution in [0.5, 0.6) is 0 Å². The van der Waals surface area contributed by atoms with Crippen LogP contribution in [0.4, 0.5) is 0 Å². The van der Waals surface area contributed by atoms with Gasteiger partial charge in [-0.15, -0.1) is 0 Å². The fourth-order valence-electron chi connectivity index (χ4n) is 5.43. The summed E-state index contributed by atoms with van der Waals surface area (Å²) >= 11 is 0. The number of hydrogen-bond donors (Lipinski definition) is 2. The van der Waals surface area contributed by atoms with Crippen molar-refractivity contribution < 1.29 is 18.3 Å². The zero-order valence-electron chi connectivity index (χ0n) is 23.1. The van der Waals surface area contributed by atoms with E-state index in [2.05, 4.69) is 23.3 Å². The Hall–Kier alpha value is -3.60. The van der Waals surface area contributed by atoms with Crippen LogP contribution in [0.15, 0.2) is 53.4 Å². The monoisotopic (exact) mass is 561 g/mol. The van der Waals surface area contributed by atoms with Crippen molar-refractivity contribution in [3.63, 3.8) is 0 Å².